The smallest absolute Gasteiger partial charge is 0.188 e. The van der Waals surface area contributed by atoms with Gasteiger partial charge in [0.25, 0.3) is 0 Å². The average Bonchev–Trinajstić information content (AvgIpc) is 3.44. The van der Waals surface area contributed by atoms with Crippen LogP contribution in [0.25, 0.3) is 54.5 Å². The van der Waals surface area contributed by atoms with E-state index in [2.05, 4.69) is 58.5 Å². The Labute approximate surface area is 247 Å². The molecule has 43 heavy (non-hydrogen) atoms. The van der Waals surface area contributed by atoms with Crippen LogP contribution in [0.1, 0.15) is 11.1 Å². The van der Waals surface area contributed by atoms with Gasteiger partial charge in [0, 0.05) is 12.4 Å². The molecule has 0 saturated heterocycles. The number of fused-ring (bicyclic) bond motifs is 9. The zero-order valence-electron chi connectivity index (χ0n) is 23.4. The van der Waals surface area contributed by atoms with Crippen molar-refractivity contribution in [3.05, 3.63) is 177 Å². The van der Waals surface area contributed by atoms with E-state index in [4.69, 9.17) is 0 Å². The third-order valence-corrected chi connectivity index (χ3v) is 7.98. The molecule has 0 fully saturated rings. The van der Waals surface area contributed by atoms with Crippen LogP contribution >= 0.6 is 0 Å². The lowest BCUT2D eigenvalue weighted by Crippen LogP contribution is -1.99. The number of hydrogen-bond donors (Lipinski definition) is 2. The highest BCUT2D eigenvalue weighted by molar-refractivity contribution is 6.05. The molecule has 1 aliphatic rings. The first-order valence-electron chi connectivity index (χ1n) is 14.3. The van der Waals surface area contributed by atoms with Gasteiger partial charge < -0.3 is 9.97 Å². The Bertz CT molecular complexity index is 2210. The monoisotopic (exact) mass is 556 g/mol. The van der Waals surface area contributed by atoms with Gasteiger partial charge in [0.2, 0.25) is 0 Å². The Hall–Kier alpha value is -5.74. The van der Waals surface area contributed by atoms with Gasteiger partial charge >= 0.3 is 0 Å². The molecule has 2 N–H and O–H groups in total. The van der Waals surface area contributed by atoms with Gasteiger partial charge in [-0.15, -0.1) is 0 Å². The molecule has 0 atom stereocenters. The van der Waals surface area contributed by atoms with E-state index in [-0.39, 0.29) is 10.9 Å². The van der Waals surface area contributed by atoms with Crippen molar-refractivity contribution in [1.82, 2.24) is 9.97 Å². The second kappa shape index (κ2) is 11.3. The molecule has 0 aliphatic heterocycles. The van der Waals surface area contributed by atoms with Gasteiger partial charge in [0.15, 0.2) is 10.9 Å². The van der Waals surface area contributed by atoms with Gasteiger partial charge in [0.1, 0.15) is 0 Å². The van der Waals surface area contributed by atoms with Crippen molar-refractivity contribution in [3.8, 4) is 11.1 Å². The zero-order chi connectivity index (χ0) is 29.2. The SMILES string of the molecule is O=c1cccc2ccc3ccc[nH]c3c12.O=c1cccc2ccc3ccc[nH]c3c12.c1ccc2c(c1)Cc1ccccc1-2. The van der Waals surface area contributed by atoms with E-state index in [1.165, 1.54) is 22.3 Å². The molecular weight excluding hydrogens is 528 g/mol. The number of aromatic amines is 2. The van der Waals surface area contributed by atoms with E-state index in [0.717, 1.165) is 49.8 Å². The Kier molecular flexibility index (Phi) is 6.86. The summed E-state index contributed by atoms with van der Waals surface area (Å²) >= 11 is 0. The fraction of sp³-hybridized carbons (Fsp3) is 0.0256. The molecule has 9 rings (SSSR count). The van der Waals surface area contributed by atoms with Crippen LogP contribution in [0.4, 0.5) is 0 Å². The summed E-state index contributed by atoms with van der Waals surface area (Å²) in [7, 11) is 0. The van der Waals surface area contributed by atoms with Crippen molar-refractivity contribution >= 4 is 43.4 Å². The molecule has 0 bridgehead atoms. The lowest BCUT2D eigenvalue weighted by Gasteiger charge is -2.01. The predicted octanol–water partition coefficient (Wildman–Crippen LogP) is 8.62. The summed E-state index contributed by atoms with van der Waals surface area (Å²) in [5.74, 6) is 0. The van der Waals surface area contributed by atoms with Crippen molar-refractivity contribution in [2.75, 3.05) is 0 Å². The number of pyridine rings is 2. The Balaban J connectivity index is 0.000000105. The minimum atomic E-state index is 0.0700. The molecule has 2 aromatic heterocycles. The molecule has 6 aromatic carbocycles. The van der Waals surface area contributed by atoms with E-state index < -0.39 is 0 Å². The molecule has 0 radical (unpaired) electrons. The van der Waals surface area contributed by atoms with Crippen molar-refractivity contribution in [2.24, 2.45) is 0 Å². The Morgan fingerprint density at radius 1 is 0.395 bits per heavy atom. The van der Waals surface area contributed by atoms with Gasteiger partial charge in [-0.1, -0.05) is 109 Å². The maximum absolute atomic E-state index is 11.8. The first kappa shape index (κ1) is 26.2. The van der Waals surface area contributed by atoms with Crippen LogP contribution in [0.2, 0.25) is 0 Å². The number of H-pyrrole nitrogens is 2. The van der Waals surface area contributed by atoms with Crippen LogP contribution in [0.5, 0.6) is 0 Å². The second-order valence-corrected chi connectivity index (χ2v) is 10.6. The summed E-state index contributed by atoms with van der Waals surface area (Å²) in [4.78, 5) is 29.8. The number of aromatic nitrogens is 2. The maximum Gasteiger partial charge on any atom is 0.188 e. The quantitative estimate of drug-likeness (QED) is 0.184. The molecule has 206 valence electrons. The minimum absolute atomic E-state index is 0.0700. The van der Waals surface area contributed by atoms with Gasteiger partial charge in [-0.05, 0) is 74.5 Å². The highest BCUT2D eigenvalue weighted by atomic mass is 16.1. The second-order valence-electron chi connectivity index (χ2n) is 10.6. The van der Waals surface area contributed by atoms with E-state index in [9.17, 15) is 9.59 Å². The van der Waals surface area contributed by atoms with Gasteiger partial charge in [0.05, 0.1) is 21.8 Å². The summed E-state index contributed by atoms with van der Waals surface area (Å²) in [6.45, 7) is 0. The van der Waals surface area contributed by atoms with E-state index in [1.807, 2.05) is 73.1 Å². The standard InChI is InChI=1S/2C13H9NO.C13H10/c2*15-11-5-1-3-9-6-7-10-4-2-8-14-13(10)12(9)11;1-3-7-12-10(5-1)9-11-6-2-4-8-13(11)12/h2*1-8,14H;1-8H,9H2. The van der Waals surface area contributed by atoms with Gasteiger partial charge in [-0.2, -0.15) is 0 Å². The van der Waals surface area contributed by atoms with Crippen LogP contribution in [0, 0.1) is 0 Å². The molecular formula is C39H28N2O2. The number of benzene rings is 6. The number of rotatable bonds is 0. The number of hydrogen-bond acceptors (Lipinski definition) is 2. The summed E-state index contributed by atoms with van der Waals surface area (Å²) in [5, 5.41) is 5.64. The van der Waals surface area contributed by atoms with Crippen LogP contribution in [-0.2, 0) is 6.42 Å². The lowest BCUT2D eigenvalue weighted by atomic mass is 10.1. The largest absolute Gasteiger partial charge is 0.361 e. The maximum atomic E-state index is 11.8. The topological polar surface area (TPSA) is 65.7 Å². The molecule has 0 spiro atoms. The fourth-order valence-electron chi connectivity index (χ4n) is 5.96. The normalized spacial score (nSPS) is 11.3. The van der Waals surface area contributed by atoms with Crippen molar-refractivity contribution in [3.63, 3.8) is 0 Å². The molecule has 0 amide bonds. The molecule has 1 aliphatic carbocycles. The lowest BCUT2D eigenvalue weighted by molar-refractivity contribution is 1.26. The molecule has 0 saturated carbocycles. The fourth-order valence-corrected chi connectivity index (χ4v) is 5.96. The summed E-state index contributed by atoms with van der Waals surface area (Å²) in [5.41, 5.74) is 7.73. The predicted molar refractivity (Wildman–Crippen MR) is 179 cm³/mol. The zero-order valence-corrected chi connectivity index (χ0v) is 23.4. The van der Waals surface area contributed by atoms with Crippen molar-refractivity contribution in [1.29, 1.82) is 0 Å². The van der Waals surface area contributed by atoms with Crippen LogP contribution in [0.15, 0.2) is 155 Å². The first-order valence-corrected chi connectivity index (χ1v) is 14.3. The van der Waals surface area contributed by atoms with Gasteiger partial charge in [-0.3, -0.25) is 9.59 Å². The summed E-state index contributed by atoms with van der Waals surface area (Å²) < 4.78 is 0. The highest BCUT2D eigenvalue weighted by Crippen LogP contribution is 2.35. The van der Waals surface area contributed by atoms with E-state index in [0.29, 0.717) is 0 Å². The highest BCUT2D eigenvalue weighted by Gasteiger charge is 2.15. The van der Waals surface area contributed by atoms with Gasteiger partial charge in [-0.25, -0.2) is 0 Å². The summed E-state index contributed by atoms with van der Waals surface area (Å²) in [6.07, 6.45) is 4.79. The van der Waals surface area contributed by atoms with E-state index >= 15 is 0 Å². The first-order chi connectivity index (χ1) is 21.2. The van der Waals surface area contributed by atoms with Crippen LogP contribution < -0.4 is 10.9 Å². The summed E-state index contributed by atoms with van der Waals surface area (Å²) in [6, 6.07) is 43.9. The number of nitrogens with one attached hydrogen (secondary N) is 2. The molecule has 4 nitrogen and oxygen atoms in total. The van der Waals surface area contributed by atoms with E-state index in [1.54, 1.807) is 24.3 Å². The Morgan fingerprint density at radius 2 is 0.814 bits per heavy atom. The molecule has 2 heterocycles. The third kappa shape index (κ3) is 5.00. The van der Waals surface area contributed by atoms with Crippen LogP contribution in [-0.4, -0.2) is 9.97 Å². The van der Waals surface area contributed by atoms with Crippen molar-refractivity contribution < 1.29 is 0 Å². The van der Waals surface area contributed by atoms with Crippen LogP contribution in [0.3, 0.4) is 0 Å². The molecule has 8 aromatic rings. The molecule has 0 unspecified atom stereocenters. The minimum Gasteiger partial charge on any atom is -0.361 e. The van der Waals surface area contributed by atoms with Crippen molar-refractivity contribution in [2.45, 2.75) is 6.42 Å². The Morgan fingerprint density at radius 3 is 1.30 bits per heavy atom. The average molecular weight is 557 g/mol. The molecule has 4 heteroatoms. The third-order valence-electron chi connectivity index (χ3n) is 7.98.